The van der Waals surface area contributed by atoms with Gasteiger partial charge in [0.15, 0.2) is 5.75 Å². The highest BCUT2D eigenvalue weighted by atomic mass is 16.5. The Balaban J connectivity index is 1.94. The first kappa shape index (κ1) is 9.84. The minimum atomic E-state index is -0.287. The molecular weight excluding hydrogens is 218 g/mol. The Bertz CT molecular complexity index is 573. The van der Waals surface area contributed by atoms with Gasteiger partial charge in [-0.1, -0.05) is 30.3 Å². The van der Waals surface area contributed by atoms with Crippen molar-refractivity contribution in [2.45, 2.75) is 6.42 Å². The molecule has 0 unspecified atom stereocenters. The van der Waals surface area contributed by atoms with Gasteiger partial charge in [-0.25, -0.2) is 0 Å². The lowest BCUT2D eigenvalue weighted by atomic mass is 10.1. The van der Waals surface area contributed by atoms with Gasteiger partial charge < -0.3 is 9.72 Å². The van der Waals surface area contributed by atoms with Gasteiger partial charge in [0.2, 0.25) is 5.78 Å². The average Bonchev–Trinajstić information content (AvgIpc) is 2.86. The first-order valence-corrected chi connectivity index (χ1v) is 5.26. The standard InChI is InChI=1S/C13H9NO3/c15-12-7-9-11(17-12)6-10(14-9)13(16)8-4-2-1-3-5-8/h1-6,14H,7H2. The number of ether oxygens (including phenoxy) is 1. The van der Waals surface area contributed by atoms with Gasteiger partial charge in [0.1, 0.15) is 0 Å². The molecular formula is C13H9NO3. The second-order valence-electron chi connectivity index (χ2n) is 3.87. The predicted molar refractivity (Wildman–Crippen MR) is 60.0 cm³/mol. The van der Waals surface area contributed by atoms with Crippen molar-refractivity contribution in [1.82, 2.24) is 4.98 Å². The highest BCUT2D eigenvalue weighted by Crippen LogP contribution is 2.27. The summed E-state index contributed by atoms with van der Waals surface area (Å²) >= 11 is 0. The van der Waals surface area contributed by atoms with Crippen LogP contribution < -0.4 is 4.74 Å². The van der Waals surface area contributed by atoms with Crippen molar-refractivity contribution in [3.8, 4) is 5.75 Å². The highest BCUT2D eigenvalue weighted by Gasteiger charge is 2.25. The fourth-order valence-electron chi connectivity index (χ4n) is 1.87. The predicted octanol–water partition coefficient (Wildman–Crippen LogP) is 1.71. The van der Waals surface area contributed by atoms with Crippen LogP contribution in [0, 0.1) is 0 Å². The van der Waals surface area contributed by atoms with E-state index in [2.05, 4.69) is 4.98 Å². The molecule has 1 aromatic heterocycles. The molecule has 1 aromatic carbocycles. The highest BCUT2D eigenvalue weighted by molar-refractivity contribution is 6.08. The van der Waals surface area contributed by atoms with Gasteiger partial charge in [0.25, 0.3) is 0 Å². The molecule has 0 bridgehead atoms. The largest absolute Gasteiger partial charge is 0.424 e. The monoisotopic (exact) mass is 227 g/mol. The van der Waals surface area contributed by atoms with Gasteiger partial charge >= 0.3 is 5.97 Å². The van der Waals surface area contributed by atoms with E-state index in [9.17, 15) is 9.59 Å². The maximum atomic E-state index is 12.1. The molecule has 0 spiro atoms. The van der Waals surface area contributed by atoms with Crippen LogP contribution >= 0.6 is 0 Å². The molecule has 3 rings (SSSR count). The number of aromatic nitrogens is 1. The number of nitrogens with one attached hydrogen (secondary N) is 1. The minimum absolute atomic E-state index is 0.101. The van der Waals surface area contributed by atoms with Gasteiger partial charge in [-0.3, -0.25) is 9.59 Å². The van der Waals surface area contributed by atoms with E-state index in [0.717, 1.165) is 0 Å². The number of ketones is 1. The quantitative estimate of drug-likeness (QED) is 0.627. The summed E-state index contributed by atoms with van der Waals surface area (Å²) in [6.07, 6.45) is 0.206. The van der Waals surface area contributed by atoms with Gasteiger partial charge in [-0.2, -0.15) is 0 Å². The zero-order valence-corrected chi connectivity index (χ0v) is 8.90. The van der Waals surface area contributed by atoms with Crippen molar-refractivity contribution in [3.63, 3.8) is 0 Å². The molecule has 0 fully saturated rings. The fourth-order valence-corrected chi connectivity index (χ4v) is 1.87. The van der Waals surface area contributed by atoms with Gasteiger partial charge in [0.05, 0.1) is 17.8 Å². The van der Waals surface area contributed by atoms with Crippen molar-refractivity contribution in [1.29, 1.82) is 0 Å². The van der Waals surface area contributed by atoms with Crippen LogP contribution in [0.2, 0.25) is 0 Å². The number of hydrogen-bond donors (Lipinski definition) is 1. The van der Waals surface area contributed by atoms with Crippen molar-refractivity contribution in [2.75, 3.05) is 0 Å². The molecule has 2 aromatic rings. The van der Waals surface area contributed by atoms with E-state index >= 15 is 0 Å². The summed E-state index contributed by atoms with van der Waals surface area (Å²) in [7, 11) is 0. The summed E-state index contributed by atoms with van der Waals surface area (Å²) < 4.78 is 4.95. The fraction of sp³-hybridized carbons (Fsp3) is 0.0769. The molecule has 4 nitrogen and oxygen atoms in total. The lowest BCUT2D eigenvalue weighted by Gasteiger charge is -1.97. The summed E-state index contributed by atoms with van der Waals surface area (Å²) in [6, 6.07) is 10.6. The third-order valence-corrected chi connectivity index (χ3v) is 2.68. The van der Waals surface area contributed by atoms with E-state index in [0.29, 0.717) is 22.7 Å². The Morgan fingerprint density at radius 2 is 2.00 bits per heavy atom. The summed E-state index contributed by atoms with van der Waals surface area (Å²) in [6.45, 7) is 0. The molecule has 0 radical (unpaired) electrons. The van der Waals surface area contributed by atoms with Gasteiger partial charge in [0, 0.05) is 11.6 Å². The van der Waals surface area contributed by atoms with Crippen LogP contribution in [0.15, 0.2) is 36.4 Å². The maximum absolute atomic E-state index is 12.1. The molecule has 4 heteroatoms. The molecule has 0 saturated heterocycles. The minimum Gasteiger partial charge on any atom is -0.424 e. The second kappa shape index (κ2) is 3.59. The van der Waals surface area contributed by atoms with E-state index in [1.165, 1.54) is 0 Å². The summed E-state index contributed by atoms with van der Waals surface area (Å²) in [5, 5.41) is 0. The molecule has 1 aliphatic heterocycles. The zero-order valence-electron chi connectivity index (χ0n) is 8.90. The Hall–Kier alpha value is -2.36. The number of H-pyrrole nitrogens is 1. The number of carbonyl (C=O) groups is 2. The van der Waals surface area contributed by atoms with E-state index in [1.54, 1.807) is 18.2 Å². The summed E-state index contributed by atoms with van der Waals surface area (Å²) in [5.41, 5.74) is 1.74. The average molecular weight is 227 g/mol. The Kier molecular flexibility index (Phi) is 2.08. The first-order chi connectivity index (χ1) is 8.24. The lowest BCUT2D eigenvalue weighted by molar-refractivity contribution is -0.131. The van der Waals surface area contributed by atoms with Crippen molar-refractivity contribution >= 4 is 11.8 Å². The number of carbonyl (C=O) groups excluding carboxylic acids is 2. The maximum Gasteiger partial charge on any atom is 0.317 e. The van der Waals surface area contributed by atoms with E-state index in [-0.39, 0.29) is 18.2 Å². The van der Waals surface area contributed by atoms with Gasteiger partial charge in [-0.05, 0) is 0 Å². The summed E-state index contributed by atoms with van der Waals surface area (Å²) in [4.78, 5) is 26.0. The number of esters is 1. The van der Waals surface area contributed by atoms with Crippen molar-refractivity contribution in [3.05, 3.63) is 53.3 Å². The molecule has 17 heavy (non-hydrogen) atoms. The third kappa shape index (κ3) is 1.63. The van der Waals surface area contributed by atoms with Crippen LogP contribution in [-0.4, -0.2) is 16.7 Å². The van der Waals surface area contributed by atoms with Crippen LogP contribution in [0.5, 0.6) is 5.75 Å². The van der Waals surface area contributed by atoms with Crippen LogP contribution in [0.4, 0.5) is 0 Å². The van der Waals surface area contributed by atoms with Crippen molar-refractivity contribution < 1.29 is 14.3 Å². The molecule has 0 aliphatic carbocycles. The summed E-state index contributed by atoms with van der Waals surface area (Å²) in [5.74, 6) is 0.0790. The van der Waals surface area contributed by atoms with Crippen LogP contribution in [0.1, 0.15) is 21.7 Å². The third-order valence-electron chi connectivity index (χ3n) is 2.68. The first-order valence-electron chi connectivity index (χ1n) is 5.26. The number of benzene rings is 1. The Labute approximate surface area is 97.2 Å². The Morgan fingerprint density at radius 1 is 1.24 bits per heavy atom. The molecule has 84 valence electrons. The van der Waals surface area contributed by atoms with E-state index in [1.807, 2.05) is 18.2 Å². The molecule has 0 saturated carbocycles. The second-order valence-corrected chi connectivity index (χ2v) is 3.87. The van der Waals surface area contributed by atoms with Crippen LogP contribution in [0.25, 0.3) is 0 Å². The normalized spacial score (nSPS) is 13.3. The van der Waals surface area contributed by atoms with E-state index < -0.39 is 0 Å². The van der Waals surface area contributed by atoms with E-state index in [4.69, 9.17) is 4.74 Å². The van der Waals surface area contributed by atoms with Crippen LogP contribution in [-0.2, 0) is 11.2 Å². The number of rotatable bonds is 2. The number of aromatic amines is 1. The number of hydrogen-bond acceptors (Lipinski definition) is 3. The topological polar surface area (TPSA) is 59.2 Å². The number of fused-ring (bicyclic) bond motifs is 1. The molecule has 0 amide bonds. The SMILES string of the molecule is O=C1Cc2[nH]c(C(=O)c3ccccc3)cc2O1. The van der Waals surface area contributed by atoms with Crippen molar-refractivity contribution in [2.24, 2.45) is 0 Å². The molecule has 2 heterocycles. The zero-order chi connectivity index (χ0) is 11.8. The lowest BCUT2D eigenvalue weighted by Crippen LogP contribution is -2.05. The molecule has 1 N–H and O–H groups in total. The Morgan fingerprint density at radius 3 is 2.71 bits per heavy atom. The smallest absolute Gasteiger partial charge is 0.317 e. The van der Waals surface area contributed by atoms with Gasteiger partial charge in [-0.15, -0.1) is 0 Å². The molecule has 0 atom stereocenters. The molecule has 1 aliphatic rings. The van der Waals surface area contributed by atoms with Crippen LogP contribution in [0.3, 0.4) is 0 Å².